The monoisotopic (exact) mass is 212 g/mol. The van der Waals surface area contributed by atoms with Crippen molar-refractivity contribution in [2.75, 3.05) is 0 Å². The number of rotatable bonds is 1. The minimum atomic E-state index is -0.968. The van der Waals surface area contributed by atoms with Gasteiger partial charge in [-0.3, -0.25) is 0 Å². The number of nitrogens with zero attached hydrogens (tertiary/aromatic N) is 4. The molecular weight excluding hydrogens is 208 g/mol. The summed E-state index contributed by atoms with van der Waals surface area (Å²) in [6.07, 6.45) is 0. The van der Waals surface area contributed by atoms with Crippen LogP contribution in [0.2, 0.25) is 5.02 Å². The van der Waals surface area contributed by atoms with E-state index in [0.29, 0.717) is 5.02 Å². The van der Waals surface area contributed by atoms with Crippen molar-refractivity contribution in [3.63, 3.8) is 0 Å². The van der Waals surface area contributed by atoms with Gasteiger partial charge in [0.1, 0.15) is 0 Å². The van der Waals surface area contributed by atoms with E-state index in [9.17, 15) is 0 Å². The van der Waals surface area contributed by atoms with Gasteiger partial charge in [-0.1, -0.05) is 23.7 Å². The zero-order chi connectivity index (χ0) is 9.31. The Kier molecular flexibility index (Phi) is 2.05. The first-order chi connectivity index (χ1) is 6.21. The minimum Gasteiger partial charge on any atom is -0.118 e. The van der Waals surface area contributed by atoms with Crippen LogP contribution in [0, 0.1) is 0 Å². The molecule has 66 valence electrons. The summed E-state index contributed by atoms with van der Waals surface area (Å²) in [5.74, 6) is 0. The fourth-order valence-electron chi connectivity index (χ4n) is 0.974. The fraction of sp³-hybridized carbons (Fsp3) is 0.143. The van der Waals surface area contributed by atoms with Crippen molar-refractivity contribution in [2.24, 2.45) is 20.7 Å². The molecule has 0 amide bonds. The Bertz CT molecular complexity index is 361. The molecule has 1 aliphatic rings. The molecule has 0 saturated carbocycles. The van der Waals surface area contributed by atoms with Crippen molar-refractivity contribution >= 4 is 24.2 Å². The number of thiol groups is 1. The van der Waals surface area contributed by atoms with E-state index < -0.39 is 4.99 Å². The standard InChI is InChI=1S/C7H5ClN4S/c8-6-3-1-5(2-4-6)7(13)9-11-12-10-7/h1-4,13H. The lowest BCUT2D eigenvalue weighted by Crippen LogP contribution is -2.08. The van der Waals surface area contributed by atoms with Crippen LogP contribution in [0.25, 0.3) is 0 Å². The van der Waals surface area contributed by atoms with Gasteiger partial charge < -0.3 is 0 Å². The highest BCUT2D eigenvalue weighted by molar-refractivity contribution is 7.81. The highest BCUT2D eigenvalue weighted by Gasteiger charge is 2.30. The molecule has 1 aromatic rings. The first-order valence-corrected chi connectivity index (χ1v) is 4.36. The van der Waals surface area contributed by atoms with Crippen molar-refractivity contribution in [2.45, 2.75) is 4.99 Å². The van der Waals surface area contributed by atoms with Crippen molar-refractivity contribution < 1.29 is 0 Å². The van der Waals surface area contributed by atoms with Gasteiger partial charge >= 0.3 is 0 Å². The fourth-order valence-corrected chi connectivity index (χ4v) is 1.33. The zero-order valence-corrected chi connectivity index (χ0v) is 8.07. The van der Waals surface area contributed by atoms with Gasteiger partial charge in [0.25, 0.3) is 4.99 Å². The average molecular weight is 213 g/mol. The lowest BCUT2D eigenvalue weighted by Gasteiger charge is -2.11. The van der Waals surface area contributed by atoms with E-state index in [0.717, 1.165) is 5.56 Å². The van der Waals surface area contributed by atoms with Crippen LogP contribution in [0.1, 0.15) is 5.56 Å². The smallest absolute Gasteiger partial charge is 0.118 e. The molecule has 0 fully saturated rings. The van der Waals surface area contributed by atoms with Crippen LogP contribution in [0.4, 0.5) is 0 Å². The van der Waals surface area contributed by atoms with Gasteiger partial charge in [-0.25, -0.2) is 0 Å². The second-order valence-electron chi connectivity index (χ2n) is 2.52. The summed E-state index contributed by atoms with van der Waals surface area (Å²) >= 11 is 9.97. The van der Waals surface area contributed by atoms with E-state index in [4.69, 9.17) is 11.6 Å². The van der Waals surface area contributed by atoms with Crippen LogP contribution in [-0.2, 0) is 4.99 Å². The van der Waals surface area contributed by atoms with Crippen LogP contribution in [-0.4, -0.2) is 0 Å². The molecule has 2 rings (SSSR count). The summed E-state index contributed by atoms with van der Waals surface area (Å²) in [5.41, 5.74) is 0.797. The van der Waals surface area contributed by atoms with Gasteiger partial charge in [0.15, 0.2) is 0 Å². The second-order valence-corrected chi connectivity index (χ2v) is 3.58. The number of benzene rings is 1. The van der Waals surface area contributed by atoms with Crippen LogP contribution >= 0.6 is 24.2 Å². The Balaban J connectivity index is 2.41. The SMILES string of the molecule is SC1(c2ccc(Cl)cc2)N=NN=N1. The van der Waals surface area contributed by atoms with E-state index in [1.807, 2.05) is 0 Å². The molecule has 1 aliphatic heterocycles. The molecule has 0 aromatic heterocycles. The molecule has 4 nitrogen and oxygen atoms in total. The lowest BCUT2D eigenvalue weighted by molar-refractivity contribution is 0.696. The van der Waals surface area contributed by atoms with Gasteiger partial charge in [0.05, 0.1) is 0 Å². The van der Waals surface area contributed by atoms with E-state index in [-0.39, 0.29) is 0 Å². The number of halogens is 1. The molecular formula is C7H5ClN4S. The zero-order valence-electron chi connectivity index (χ0n) is 6.42. The van der Waals surface area contributed by atoms with Gasteiger partial charge in [-0.05, 0) is 22.6 Å². The molecule has 1 aromatic carbocycles. The van der Waals surface area contributed by atoms with Crippen molar-refractivity contribution in [3.05, 3.63) is 34.9 Å². The summed E-state index contributed by atoms with van der Waals surface area (Å²) < 4.78 is 0. The van der Waals surface area contributed by atoms with E-state index in [1.165, 1.54) is 0 Å². The molecule has 0 atom stereocenters. The maximum Gasteiger partial charge on any atom is 0.262 e. The molecule has 0 radical (unpaired) electrons. The second kappa shape index (κ2) is 3.08. The Morgan fingerprint density at radius 2 is 1.62 bits per heavy atom. The number of hydrogen-bond donors (Lipinski definition) is 1. The van der Waals surface area contributed by atoms with Crippen molar-refractivity contribution in [1.82, 2.24) is 0 Å². The van der Waals surface area contributed by atoms with E-state index in [1.54, 1.807) is 24.3 Å². The summed E-state index contributed by atoms with van der Waals surface area (Å²) in [6, 6.07) is 7.08. The summed E-state index contributed by atoms with van der Waals surface area (Å²) in [5, 5.41) is 15.0. The third-order valence-electron chi connectivity index (χ3n) is 1.64. The van der Waals surface area contributed by atoms with Gasteiger partial charge in [-0.2, -0.15) is 0 Å². The van der Waals surface area contributed by atoms with Gasteiger partial charge in [-0.15, -0.1) is 22.9 Å². The molecule has 0 aliphatic carbocycles. The molecule has 0 unspecified atom stereocenters. The normalized spacial score (nSPS) is 18.0. The lowest BCUT2D eigenvalue weighted by atomic mass is 10.2. The van der Waals surface area contributed by atoms with E-state index in [2.05, 4.69) is 33.3 Å². The molecule has 0 bridgehead atoms. The van der Waals surface area contributed by atoms with E-state index >= 15 is 0 Å². The highest BCUT2D eigenvalue weighted by atomic mass is 35.5. The average Bonchev–Trinajstić information content (AvgIpc) is 2.54. The molecule has 0 N–H and O–H groups in total. The first kappa shape index (κ1) is 8.65. The number of hydrogen-bond acceptors (Lipinski definition) is 5. The van der Waals surface area contributed by atoms with Gasteiger partial charge in [0, 0.05) is 10.6 Å². The van der Waals surface area contributed by atoms with Crippen LogP contribution in [0.5, 0.6) is 0 Å². The largest absolute Gasteiger partial charge is 0.262 e. The van der Waals surface area contributed by atoms with Crippen molar-refractivity contribution in [1.29, 1.82) is 0 Å². The third kappa shape index (κ3) is 1.57. The minimum absolute atomic E-state index is 0.660. The van der Waals surface area contributed by atoms with Crippen LogP contribution in [0.3, 0.4) is 0 Å². The quantitative estimate of drug-likeness (QED) is 0.695. The highest BCUT2D eigenvalue weighted by Crippen LogP contribution is 2.36. The Morgan fingerprint density at radius 3 is 2.15 bits per heavy atom. The Hall–Kier alpha value is -0.940. The Labute approximate surface area is 85.1 Å². The van der Waals surface area contributed by atoms with Gasteiger partial charge in [0.2, 0.25) is 0 Å². The third-order valence-corrected chi connectivity index (χ3v) is 2.33. The molecule has 1 heterocycles. The van der Waals surface area contributed by atoms with Crippen LogP contribution < -0.4 is 0 Å². The summed E-state index contributed by atoms with van der Waals surface area (Å²) in [7, 11) is 0. The van der Waals surface area contributed by atoms with Crippen molar-refractivity contribution in [3.8, 4) is 0 Å². The predicted molar refractivity (Wildman–Crippen MR) is 51.8 cm³/mol. The summed E-state index contributed by atoms with van der Waals surface area (Å²) in [4.78, 5) is -0.968. The summed E-state index contributed by atoms with van der Waals surface area (Å²) in [6.45, 7) is 0. The topological polar surface area (TPSA) is 49.4 Å². The predicted octanol–water partition coefficient (Wildman–Crippen LogP) is 3.21. The first-order valence-electron chi connectivity index (χ1n) is 3.53. The maximum absolute atomic E-state index is 5.73. The Morgan fingerprint density at radius 1 is 1.08 bits per heavy atom. The van der Waals surface area contributed by atoms with Crippen LogP contribution in [0.15, 0.2) is 44.9 Å². The maximum atomic E-state index is 5.73. The molecule has 0 saturated heterocycles. The molecule has 6 heteroatoms. The molecule has 13 heavy (non-hydrogen) atoms. The molecule has 0 spiro atoms.